The van der Waals surface area contributed by atoms with Crippen LogP contribution in [0, 0.1) is 0 Å². The largest absolute Gasteiger partial charge is 0.480 e. The number of aliphatic carboxylic acids is 1. The molecule has 18 heavy (non-hydrogen) atoms. The van der Waals surface area contributed by atoms with E-state index >= 15 is 0 Å². The van der Waals surface area contributed by atoms with E-state index in [2.05, 4.69) is 5.32 Å². The summed E-state index contributed by atoms with van der Waals surface area (Å²) in [6.07, 6.45) is 0.327. The molecule has 1 rings (SSSR count). The first kappa shape index (κ1) is 14.5. The average molecular weight is 271 g/mol. The number of hydrogen-bond acceptors (Lipinski definition) is 3. The van der Waals surface area contributed by atoms with Crippen molar-refractivity contribution < 1.29 is 14.7 Å². The molecule has 0 aliphatic carbocycles. The second-order valence-corrected chi connectivity index (χ2v) is 4.26. The number of nitrogens with two attached hydrogens (primary N) is 1. The van der Waals surface area contributed by atoms with Crippen molar-refractivity contribution >= 4 is 23.5 Å². The summed E-state index contributed by atoms with van der Waals surface area (Å²) in [7, 11) is 0. The van der Waals surface area contributed by atoms with Crippen LogP contribution in [0.1, 0.15) is 12.0 Å². The maximum absolute atomic E-state index is 11.3. The van der Waals surface area contributed by atoms with Crippen molar-refractivity contribution in [2.45, 2.75) is 18.9 Å². The average Bonchev–Trinajstić information content (AvgIpc) is 2.31. The van der Waals surface area contributed by atoms with Crippen molar-refractivity contribution in [3.63, 3.8) is 0 Å². The third-order valence-electron chi connectivity index (χ3n) is 2.36. The van der Waals surface area contributed by atoms with Crippen LogP contribution in [0.2, 0.25) is 5.02 Å². The number of carbonyl (C=O) groups is 2. The van der Waals surface area contributed by atoms with Gasteiger partial charge < -0.3 is 16.2 Å². The van der Waals surface area contributed by atoms with Gasteiger partial charge in [0.25, 0.3) is 0 Å². The van der Waals surface area contributed by atoms with E-state index in [9.17, 15) is 9.59 Å². The maximum Gasteiger partial charge on any atom is 0.326 e. The molecule has 0 fully saturated rings. The van der Waals surface area contributed by atoms with E-state index in [0.717, 1.165) is 5.56 Å². The van der Waals surface area contributed by atoms with E-state index < -0.39 is 12.0 Å². The van der Waals surface area contributed by atoms with Crippen LogP contribution in [0.3, 0.4) is 0 Å². The molecule has 4 N–H and O–H groups in total. The van der Waals surface area contributed by atoms with Gasteiger partial charge in [0.15, 0.2) is 0 Å². The van der Waals surface area contributed by atoms with Crippen molar-refractivity contribution in [2.24, 2.45) is 5.73 Å². The van der Waals surface area contributed by atoms with E-state index in [1.165, 1.54) is 0 Å². The van der Waals surface area contributed by atoms with Gasteiger partial charge in [0, 0.05) is 24.4 Å². The predicted octanol–water partition coefficient (Wildman–Crippen LogP) is 0.801. The summed E-state index contributed by atoms with van der Waals surface area (Å²) >= 11 is 5.74. The molecule has 0 radical (unpaired) electrons. The monoisotopic (exact) mass is 270 g/mol. The maximum atomic E-state index is 11.3. The Balaban J connectivity index is 2.65. The fraction of sp³-hybridized carbons (Fsp3) is 0.333. The van der Waals surface area contributed by atoms with Gasteiger partial charge in [-0.1, -0.05) is 23.7 Å². The Morgan fingerprint density at radius 2 is 1.94 bits per heavy atom. The van der Waals surface area contributed by atoms with Crippen molar-refractivity contribution in [2.75, 3.05) is 6.54 Å². The Labute approximate surface area is 110 Å². The van der Waals surface area contributed by atoms with E-state index in [0.29, 0.717) is 5.02 Å². The van der Waals surface area contributed by atoms with E-state index in [1.807, 2.05) is 0 Å². The number of benzene rings is 1. The molecule has 0 spiro atoms. The highest BCUT2D eigenvalue weighted by atomic mass is 35.5. The number of carbonyl (C=O) groups excluding carboxylic acids is 1. The van der Waals surface area contributed by atoms with Gasteiger partial charge >= 0.3 is 5.97 Å². The molecule has 1 amide bonds. The van der Waals surface area contributed by atoms with Crippen LogP contribution in [0.5, 0.6) is 0 Å². The van der Waals surface area contributed by atoms with Gasteiger partial charge in [-0.15, -0.1) is 0 Å². The number of rotatable bonds is 6. The molecule has 1 aromatic rings. The first-order chi connectivity index (χ1) is 8.52. The smallest absolute Gasteiger partial charge is 0.326 e. The standard InChI is InChI=1S/C12H15ClN2O3/c13-9-3-1-8(2-4-9)7-10(12(17)18)15-11(16)5-6-14/h1-4,10H,5-7,14H2,(H,15,16)(H,17,18). The van der Waals surface area contributed by atoms with E-state index in [-0.39, 0.29) is 25.3 Å². The van der Waals surface area contributed by atoms with Gasteiger partial charge in [-0.05, 0) is 17.7 Å². The van der Waals surface area contributed by atoms with Crippen molar-refractivity contribution in [3.05, 3.63) is 34.9 Å². The fourth-order valence-corrected chi connectivity index (χ4v) is 1.58. The Kier molecular flexibility index (Phi) is 5.61. The number of nitrogens with one attached hydrogen (secondary N) is 1. The zero-order chi connectivity index (χ0) is 13.5. The Morgan fingerprint density at radius 3 is 2.44 bits per heavy atom. The highest BCUT2D eigenvalue weighted by Crippen LogP contribution is 2.11. The normalized spacial score (nSPS) is 11.9. The quantitative estimate of drug-likeness (QED) is 0.713. The first-order valence-corrected chi connectivity index (χ1v) is 5.87. The summed E-state index contributed by atoms with van der Waals surface area (Å²) in [5.74, 6) is -1.44. The van der Waals surface area contributed by atoms with Crippen molar-refractivity contribution in [1.29, 1.82) is 0 Å². The predicted molar refractivity (Wildman–Crippen MR) is 68.4 cm³/mol. The van der Waals surface area contributed by atoms with Crippen LogP contribution in [0.25, 0.3) is 0 Å². The van der Waals surface area contributed by atoms with Crippen molar-refractivity contribution in [3.8, 4) is 0 Å². The lowest BCUT2D eigenvalue weighted by molar-refractivity contribution is -0.141. The second kappa shape index (κ2) is 6.98. The summed E-state index contributed by atoms with van der Waals surface area (Å²) < 4.78 is 0. The van der Waals surface area contributed by atoms with Gasteiger partial charge in [0.05, 0.1) is 0 Å². The Hall–Kier alpha value is -1.59. The van der Waals surface area contributed by atoms with E-state index in [1.54, 1.807) is 24.3 Å². The highest BCUT2D eigenvalue weighted by molar-refractivity contribution is 6.30. The molecule has 0 aliphatic rings. The van der Waals surface area contributed by atoms with Crippen LogP contribution in [0.4, 0.5) is 0 Å². The number of hydrogen-bond donors (Lipinski definition) is 3. The lowest BCUT2D eigenvalue weighted by atomic mass is 10.1. The molecule has 0 saturated heterocycles. The summed E-state index contributed by atoms with van der Waals surface area (Å²) in [6, 6.07) is 5.86. The lowest BCUT2D eigenvalue weighted by Crippen LogP contribution is -2.42. The molecule has 0 saturated carbocycles. The van der Waals surface area contributed by atoms with Crippen LogP contribution in [0.15, 0.2) is 24.3 Å². The summed E-state index contributed by atoms with van der Waals surface area (Å²) in [6.45, 7) is 0.194. The van der Waals surface area contributed by atoms with E-state index in [4.69, 9.17) is 22.4 Å². The minimum Gasteiger partial charge on any atom is -0.480 e. The van der Waals surface area contributed by atoms with Crippen LogP contribution >= 0.6 is 11.6 Å². The highest BCUT2D eigenvalue weighted by Gasteiger charge is 2.19. The van der Waals surface area contributed by atoms with Crippen molar-refractivity contribution in [1.82, 2.24) is 5.32 Å². The summed E-state index contributed by atoms with van der Waals surface area (Å²) in [5, 5.41) is 12.0. The number of carboxylic acid groups (broad SMARTS) is 1. The summed E-state index contributed by atoms with van der Waals surface area (Å²) in [4.78, 5) is 22.4. The zero-order valence-corrected chi connectivity index (χ0v) is 10.5. The van der Waals surface area contributed by atoms with Crippen LogP contribution < -0.4 is 11.1 Å². The SMILES string of the molecule is NCCC(=O)NC(Cc1ccc(Cl)cc1)C(=O)O. The van der Waals surface area contributed by atoms with Crippen LogP contribution in [-0.2, 0) is 16.0 Å². The third kappa shape index (κ3) is 4.73. The molecule has 1 aromatic carbocycles. The van der Waals surface area contributed by atoms with Gasteiger partial charge in [-0.2, -0.15) is 0 Å². The second-order valence-electron chi connectivity index (χ2n) is 3.83. The molecular weight excluding hydrogens is 256 g/mol. The Bertz CT molecular complexity index is 420. The number of carboxylic acids is 1. The summed E-state index contributed by atoms with van der Waals surface area (Å²) in [5.41, 5.74) is 6.02. The van der Waals surface area contributed by atoms with Gasteiger partial charge in [0.2, 0.25) is 5.91 Å². The molecule has 1 atom stereocenters. The molecule has 6 heteroatoms. The Morgan fingerprint density at radius 1 is 1.33 bits per heavy atom. The van der Waals surface area contributed by atoms with Crippen LogP contribution in [-0.4, -0.2) is 29.6 Å². The minimum absolute atomic E-state index is 0.115. The molecule has 0 aliphatic heterocycles. The molecule has 1 unspecified atom stereocenters. The van der Waals surface area contributed by atoms with Gasteiger partial charge in [0.1, 0.15) is 6.04 Å². The number of halogens is 1. The fourth-order valence-electron chi connectivity index (χ4n) is 1.45. The molecule has 0 heterocycles. The lowest BCUT2D eigenvalue weighted by Gasteiger charge is -2.14. The van der Waals surface area contributed by atoms with Gasteiger partial charge in [-0.25, -0.2) is 4.79 Å². The van der Waals surface area contributed by atoms with Gasteiger partial charge in [-0.3, -0.25) is 4.79 Å². The molecule has 0 aromatic heterocycles. The third-order valence-corrected chi connectivity index (χ3v) is 2.61. The first-order valence-electron chi connectivity index (χ1n) is 5.49. The number of amides is 1. The zero-order valence-electron chi connectivity index (χ0n) is 9.73. The molecular formula is C12H15ClN2O3. The molecule has 98 valence electrons. The topological polar surface area (TPSA) is 92.4 Å². The molecule has 5 nitrogen and oxygen atoms in total. The minimum atomic E-state index is -1.07. The molecule has 0 bridgehead atoms.